The molecule has 2 fully saturated rings. The van der Waals surface area contributed by atoms with Crippen molar-refractivity contribution in [3.63, 3.8) is 0 Å². The molecule has 3 amide bonds. The maximum Gasteiger partial charge on any atom is 0.247 e. The minimum atomic E-state index is -0.547. The van der Waals surface area contributed by atoms with E-state index in [0.717, 1.165) is 11.1 Å². The number of piperazine rings is 1. The number of nitrogens with zero attached hydrogens (tertiary/aromatic N) is 3. The Morgan fingerprint density at radius 2 is 1.85 bits per heavy atom. The van der Waals surface area contributed by atoms with Crippen molar-refractivity contribution >= 4 is 17.7 Å². The number of rotatable bonds is 4. The molecule has 1 unspecified atom stereocenters. The molecule has 6 heteroatoms. The lowest BCUT2D eigenvalue weighted by Crippen LogP contribution is -2.62. The lowest BCUT2D eigenvalue weighted by Gasteiger charge is -2.40. The SMILES string of the molecule is Cc1ccc(CC(=O)N2CCCN3C(=O)CN(CC(C)C)C(=O)C3C2)cc1. The predicted octanol–water partition coefficient (Wildman–Crippen LogP) is 1.47. The van der Waals surface area contributed by atoms with Crippen molar-refractivity contribution in [2.45, 2.75) is 39.7 Å². The molecular formula is C21H29N3O3. The second kappa shape index (κ2) is 8.11. The number of hydrogen-bond acceptors (Lipinski definition) is 3. The van der Waals surface area contributed by atoms with Crippen LogP contribution in [0.5, 0.6) is 0 Å². The molecule has 2 aliphatic heterocycles. The topological polar surface area (TPSA) is 60.9 Å². The molecule has 1 aromatic rings. The molecule has 146 valence electrons. The summed E-state index contributed by atoms with van der Waals surface area (Å²) in [7, 11) is 0. The molecule has 0 N–H and O–H groups in total. The third-order valence-corrected chi connectivity index (χ3v) is 5.25. The van der Waals surface area contributed by atoms with E-state index in [1.54, 1.807) is 14.7 Å². The largest absolute Gasteiger partial charge is 0.340 e. The zero-order valence-corrected chi connectivity index (χ0v) is 16.5. The quantitative estimate of drug-likeness (QED) is 0.805. The third-order valence-electron chi connectivity index (χ3n) is 5.25. The molecule has 27 heavy (non-hydrogen) atoms. The molecule has 0 aliphatic carbocycles. The number of fused-ring (bicyclic) bond motifs is 1. The summed E-state index contributed by atoms with van der Waals surface area (Å²) in [5.41, 5.74) is 2.13. The van der Waals surface area contributed by atoms with Gasteiger partial charge >= 0.3 is 0 Å². The van der Waals surface area contributed by atoms with Crippen LogP contribution in [-0.4, -0.2) is 71.2 Å². The summed E-state index contributed by atoms with van der Waals surface area (Å²) in [6.45, 7) is 8.25. The minimum Gasteiger partial charge on any atom is -0.340 e. The predicted molar refractivity (Wildman–Crippen MR) is 103 cm³/mol. The molecule has 1 aromatic carbocycles. The summed E-state index contributed by atoms with van der Waals surface area (Å²) >= 11 is 0. The molecule has 0 spiro atoms. The van der Waals surface area contributed by atoms with E-state index in [1.807, 2.05) is 45.0 Å². The number of carbonyl (C=O) groups excluding carboxylic acids is 3. The van der Waals surface area contributed by atoms with Crippen LogP contribution in [0.1, 0.15) is 31.4 Å². The Hall–Kier alpha value is -2.37. The Labute approximate surface area is 161 Å². The van der Waals surface area contributed by atoms with E-state index in [0.29, 0.717) is 44.9 Å². The monoisotopic (exact) mass is 371 g/mol. The molecule has 2 aliphatic rings. The van der Waals surface area contributed by atoms with Crippen LogP contribution >= 0.6 is 0 Å². The van der Waals surface area contributed by atoms with Crippen LogP contribution < -0.4 is 0 Å². The molecule has 6 nitrogen and oxygen atoms in total. The summed E-state index contributed by atoms with van der Waals surface area (Å²) < 4.78 is 0. The average molecular weight is 371 g/mol. The van der Waals surface area contributed by atoms with Crippen molar-refractivity contribution in [1.29, 1.82) is 0 Å². The Balaban J connectivity index is 1.72. The molecule has 0 saturated carbocycles. The molecule has 0 aromatic heterocycles. The fraction of sp³-hybridized carbons (Fsp3) is 0.571. The van der Waals surface area contributed by atoms with Gasteiger partial charge in [-0.2, -0.15) is 0 Å². The van der Waals surface area contributed by atoms with Crippen LogP contribution in [0.4, 0.5) is 0 Å². The molecule has 2 saturated heterocycles. The average Bonchev–Trinajstić information content (AvgIpc) is 2.84. The highest BCUT2D eigenvalue weighted by Crippen LogP contribution is 2.20. The van der Waals surface area contributed by atoms with Crippen molar-refractivity contribution in [2.24, 2.45) is 5.92 Å². The fourth-order valence-corrected chi connectivity index (χ4v) is 3.85. The summed E-state index contributed by atoms with van der Waals surface area (Å²) in [6, 6.07) is 7.39. The van der Waals surface area contributed by atoms with Crippen LogP contribution in [-0.2, 0) is 20.8 Å². The van der Waals surface area contributed by atoms with Gasteiger partial charge in [-0.3, -0.25) is 14.4 Å². The van der Waals surface area contributed by atoms with Gasteiger partial charge in [0.15, 0.2) is 0 Å². The van der Waals surface area contributed by atoms with E-state index < -0.39 is 6.04 Å². The second-order valence-electron chi connectivity index (χ2n) is 8.07. The molecule has 1 atom stereocenters. The third kappa shape index (κ3) is 4.49. The zero-order chi connectivity index (χ0) is 19.6. The lowest BCUT2D eigenvalue weighted by molar-refractivity contribution is -0.156. The van der Waals surface area contributed by atoms with E-state index in [-0.39, 0.29) is 24.3 Å². The number of carbonyl (C=O) groups is 3. The summed E-state index contributed by atoms with van der Waals surface area (Å²) in [5, 5.41) is 0. The van der Waals surface area contributed by atoms with Gasteiger partial charge in [-0.05, 0) is 24.8 Å². The van der Waals surface area contributed by atoms with Gasteiger partial charge in [0.2, 0.25) is 17.7 Å². The highest BCUT2D eigenvalue weighted by atomic mass is 16.2. The number of amides is 3. The smallest absolute Gasteiger partial charge is 0.247 e. The normalized spacial score (nSPS) is 20.7. The van der Waals surface area contributed by atoms with Crippen LogP contribution in [0.25, 0.3) is 0 Å². The van der Waals surface area contributed by atoms with Crippen LogP contribution in [0, 0.1) is 12.8 Å². The minimum absolute atomic E-state index is 0.00640. The van der Waals surface area contributed by atoms with Crippen molar-refractivity contribution in [3.8, 4) is 0 Å². The maximum atomic E-state index is 13.0. The summed E-state index contributed by atoms with van der Waals surface area (Å²) in [4.78, 5) is 43.4. The Bertz CT molecular complexity index is 714. The lowest BCUT2D eigenvalue weighted by atomic mass is 10.1. The number of hydrogen-bond donors (Lipinski definition) is 0. The van der Waals surface area contributed by atoms with Gasteiger partial charge in [-0.15, -0.1) is 0 Å². The van der Waals surface area contributed by atoms with Gasteiger partial charge in [0.25, 0.3) is 0 Å². The van der Waals surface area contributed by atoms with Crippen LogP contribution in [0.3, 0.4) is 0 Å². The van der Waals surface area contributed by atoms with Gasteiger partial charge in [0.05, 0.1) is 19.5 Å². The summed E-state index contributed by atoms with van der Waals surface area (Å²) in [5.74, 6) is 0.284. The second-order valence-corrected chi connectivity index (χ2v) is 8.07. The first-order valence-corrected chi connectivity index (χ1v) is 9.76. The first-order valence-electron chi connectivity index (χ1n) is 9.76. The first-order chi connectivity index (χ1) is 12.8. The molecular weight excluding hydrogens is 342 g/mol. The molecule has 2 heterocycles. The standard InChI is InChI=1S/C21H29N3O3/c1-15(2)12-23-14-20(26)24-10-4-9-22(13-18(24)21(23)27)19(25)11-17-7-5-16(3)6-8-17/h5-8,15,18H,4,9-14H2,1-3H3. The van der Waals surface area contributed by atoms with Crippen molar-refractivity contribution in [1.82, 2.24) is 14.7 Å². The fourth-order valence-electron chi connectivity index (χ4n) is 3.85. The Kier molecular flexibility index (Phi) is 5.82. The van der Waals surface area contributed by atoms with E-state index in [9.17, 15) is 14.4 Å². The van der Waals surface area contributed by atoms with Crippen LogP contribution in [0.2, 0.25) is 0 Å². The maximum absolute atomic E-state index is 13.0. The molecule has 0 radical (unpaired) electrons. The van der Waals surface area contributed by atoms with Gasteiger partial charge in [-0.1, -0.05) is 43.7 Å². The van der Waals surface area contributed by atoms with Gasteiger partial charge < -0.3 is 14.7 Å². The van der Waals surface area contributed by atoms with E-state index >= 15 is 0 Å². The summed E-state index contributed by atoms with van der Waals surface area (Å²) in [6.07, 6.45) is 1.03. The van der Waals surface area contributed by atoms with E-state index in [4.69, 9.17) is 0 Å². The van der Waals surface area contributed by atoms with Gasteiger partial charge in [0.1, 0.15) is 6.04 Å². The van der Waals surface area contributed by atoms with Crippen molar-refractivity contribution < 1.29 is 14.4 Å². The molecule has 3 rings (SSSR count). The first kappa shape index (κ1) is 19.4. The highest BCUT2D eigenvalue weighted by molar-refractivity contribution is 5.95. The number of aryl methyl sites for hydroxylation is 1. The van der Waals surface area contributed by atoms with Gasteiger partial charge in [-0.25, -0.2) is 0 Å². The van der Waals surface area contributed by atoms with E-state index in [2.05, 4.69) is 0 Å². The Morgan fingerprint density at radius 1 is 1.15 bits per heavy atom. The molecule has 0 bridgehead atoms. The number of benzene rings is 1. The Morgan fingerprint density at radius 3 is 2.52 bits per heavy atom. The van der Waals surface area contributed by atoms with Crippen LogP contribution in [0.15, 0.2) is 24.3 Å². The highest BCUT2D eigenvalue weighted by Gasteiger charge is 2.41. The zero-order valence-electron chi connectivity index (χ0n) is 16.5. The van der Waals surface area contributed by atoms with Gasteiger partial charge in [0, 0.05) is 19.6 Å². The van der Waals surface area contributed by atoms with E-state index in [1.165, 1.54) is 0 Å². The van der Waals surface area contributed by atoms with Crippen molar-refractivity contribution in [3.05, 3.63) is 35.4 Å². The van der Waals surface area contributed by atoms with Crippen molar-refractivity contribution in [2.75, 3.05) is 32.7 Å².